The third kappa shape index (κ3) is 7.58. The van der Waals surface area contributed by atoms with E-state index in [2.05, 4.69) is 4.58 Å². The Labute approximate surface area is 126 Å². The first-order chi connectivity index (χ1) is 9.81. The minimum Gasteiger partial charge on any atom is -0.450 e. The van der Waals surface area contributed by atoms with Crippen LogP contribution in [0.3, 0.4) is 0 Å². The van der Waals surface area contributed by atoms with Gasteiger partial charge in [0.05, 0.1) is 19.7 Å². The molecular weight excluding hydrogens is 304 g/mol. The van der Waals surface area contributed by atoms with Gasteiger partial charge in [-0.1, -0.05) is 0 Å². The van der Waals surface area contributed by atoms with Gasteiger partial charge in [0.15, 0.2) is 18.8 Å². The molecule has 122 valence electrons. The summed E-state index contributed by atoms with van der Waals surface area (Å²) in [6.45, 7) is 5.89. The molecule has 9 heteroatoms. The zero-order valence-corrected chi connectivity index (χ0v) is 12.8. The Kier molecular flexibility index (Phi) is 7.33. The average Bonchev–Trinajstić information content (AvgIpc) is 2.91. The van der Waals surface area contributed by atoms with Crippen molar-refractivity contribution in [3.8, 4) is 0 Å². The normalized spacial score (nSPS) is 19.2. The second-order valence-electron chi connectivity index (χ2n) is 4.82. The molecule has 0 spiro atoms. The number of piperazine rings is 1. The summed E-state index contributed by atoms with van der Waals surface area (Å²) >= 11 is 0. The Morgan fingerprint density at radius 3 is 2.10 bits per heavy atom. The molecule has 1 heterocycles. The van der Waals surface area contributed by atoms with Gasteiger partial charge in [-0.3, -0.25) is 4.90 Å². The van der Waals surface area contributed by atoms with Crippen LogP contribution in [0.2, 0.25) is 0 Å². The zero-order chi connectivity index (χ0) is 15.9. The summed E-state index contributed by atoms with van der Waals surface area (Å²) in [7, 11) is -4.94. The maximum Gasteiger partial charge on any atom is 0.410 e. The van der Waals surface area contributed by atoms with E-state index in [9.17, 15) is 4.79 Å². The first-order valence-corrected chi connectivity index (χ1v) is 8.17. The molecule has 0 N–H and O–H groups in total. The van der Waals surface area contributed by atoms with Crippen LogP contribution in [0.25, 0.3) is 0 Å². The number of halogens is 1. The van der Waals surface area contributed by atoms with Crippen LogP contribution < -0.4 is 18.6 Å². The van der Waals surface area contributed by atoms with Crippen molar-refractivity contribution in [2.75, 3.05) is 32.8 Å². The molecule has 8 nitrogen and oxygen atoms in total. The minimum atomic E-state index is -4.94. The van der Waals surface area contributed by atoms with E-state index in [1.165, 1.54) is 25.7 Å². The summed E-state index contributed by atoms with van der Waals surface area (Å²) < 4.78 is 41.4. The summed E-state index contributed by atoms with van der Waals surface area (Å²) in [5, 5.41) is 0. The van der Waals surface area contributed by atoms with Crippen LogP contribution in [0, 0.1) is 10.2 Å². The van der Waals surface area contributed by atoms with Crippen LogP contribution in [-0.2, 0) is 4.74 Å². The lowest BCUT2D eigenvalue weighted by Crippen LogP contribution is -2.68. The van der Waals surface area contributed by atoms with Gasteiger partial charge in [-0.15, -0.1) is 10.2 Å². The molecule has 1 saturated heterocycles. The molecule has 0 bridgehead atoms. The van der Waals surface area contributed by atoms with Gasteiger partial charge in [0.1, 0.15) is 0 Å². The molecule has 2 fully saturated rings. The zero-order valence-electron chi connectivity index (χ0n) is 12.1. The van der Waals surface area contributed by atoms with E-state index in [1.54, 1.807) is 5.71 Å². The Balaban J connectivity index is 0.000000383. The summed E-state index contributed by atoms with van der Waals surface area (Å²) in [6.07, 6.45) is 5.05. The van der Waals surface area contributed by atoms with E-state index < -0.39 is 10.2 Å². The van der Waals surface area contributed by atoms with E-state index >= 15 is 0 Å². The van der Waals surface area contributed by atoms with E-state index in [0.29, 0.717) is 6.61 Å². The van der Waals surface area contributed by atoms with Crippen molar-refractivity contribution in [2.45, 2.75) is 32.6 Å². The number of carbonyl (C=O) groups excluding carboxylic acids is 1. The monoisotopic (exact) mass is 324 g/mol. The standard InChI is InChI=1S/C12H21N2O2.ClHO4/c1-2-16-12(15)14-9-7-13(8-10-14)11-5-3-4-6-11;2-1(3,4)5/h2-10H2,1H3;(H,2,3,4,5)/q+1;/p-1. The molecule has 1 aliphatic carbocycles. The average molecular weight is 325 g/mol. The molecule has 1 saturated carbocycles. The third-order valence-corrected chi connectivity index (χ3v) is 3.43. The topological polar surface area (TPSA) is 125 Å². The fourth-order valence-electron chi connectivity index (χ4n) is 2.52. The van der Waals surface area contributed by atoms with Crippen LogP contribution >= 0.6 is 0 Å². The van der Waals surface area contributed by atoms with Crippen LogP contribution in [0.5, 0.6) is 0 Å². The highest BCUT2D eigenvalue weighted by molar-refractivity contribution is 5.81. The van der Waals surface area contributed by atoms with Crippen molar-refractivity contribution in [1.29, 1.82) is 0 Å². The molecule has 0 radical (unpaired) electrons. The molecule has 0 atom stereocenters. The predicted molar refractivity (Wildman–Crippen MR) is 62.1 cm³/mol. The van der Waals surface area contributed by atoms with Gasteiger partial charge in [-0.25, -0.2) is 28.0 Å². The quantitative estimate of drug-likeness (QED) is 0.466. The van der Waals surface area contributed by atoms with Gasteiger partial charge in [-0.05, 0) is 19.8 Å². The summed E-state index contributed by atoms with van der Waals surface area (Å²) in [5.74, 6) is 0. The van der Waals surface area contributed by atoms with Gasteiger partial charge in [0, 0.05) is 12.8 Å². The molecule has 0 unspecified atom stereocenters. The van der Waals surface area contributed by atoms with Gasteiger partial charge in [0.2, 0.25) is 0 Å². The van der Waals surface area contributed by atoms with Crippen LogP contribution in [-0.4, -0.2) is 54.1 Å². The molecule has 0 aromatic heterocycles. The van der Waals surface area contributed by atoms with Crippen molar-refractivity contribution < 1.29 is 43.0 Å². The number of amides is 1. The number of hydrogen-bond donors (Lipinski definition) is 0. The smallest absolute Gasteiger partial charge is 0.410 e. The largest absolute Gasteiger partial charge is 0.450 e. The van der Waals surface area contributed by atoms with Crippen molar-refractivity contribution in [3.63, 3.8) is 0 Å². The maximum atomic E-state index is 11.5. The first kappa shape index (κ1) is 18.1. The van der Waals surface area contributed by atoms with E-state index in [1.807, 2.05) is 11.8 Å². The molecule has 21 heavy (non-hydrogen) atoms. The van der Waals surface area contributed by atoms with E-state index in [-0.39, 0.29) is 6.09 Å². The van der Waals surface area contributed by atoms with Gasteiger partial charge >= 0.3 is 6.09 Å². The van der Waals surface area contributed by atoms with Crippen molar-refractivity contribution in [1.82, 2.24) is 4.90 Å². The van der Waals surface area contributed by atoms with Gasteiger partial charge in [0.25, 0.3) is 0 Å². The maximum absolute atomic E-state index is 11.5. The Morgan fingerprint density at radius 2 is 1.67 bits per heavy atom. The number of rotatable bonds is 1. The molecule has 0 aromatic carbocycles. The van der Waals surface area contributed by atoms with Crippen LogP contribution in [0.1, 0.15) is 32.6 Å². The number of hydrogen-bond acceptors (Lipinski definition) is 6. The van der Waals surface area contributed by atoms with Crippen molar-refractivity contribution >= 4 is 11.8 Å². The van der Waals surface area contributed by atoms with E-state index in [0.717, 1.165) is 26.2 Å². The van der Waals surface area contributed by atoms with Crippen molar-refractivity contribution in [3.05, 3.63) is 0 Å². The molecule has 2 aliphatic rings. The lowest BCUT2D eigenvalue weighted by molar-refractivity contribution is -2.00. The third-order valence-electron chi connectivity index (χ3n) is 3.43. The SMILES string of the molecule is CCOC(=O)N1CC[N+](=C2CCCC2)CC1.[O-][Cl+3]([O-])([O-])[O-]. The highest BCUT2D eigenvalue weighted by Crippen LogP contribution is 2.15. The summed E-state index contributed by atoms with van der Waals surface area (Å²) in [6, 6.07) is 0. The van der Waals surface area contributed by atoms with Crippen molar-refractivity contribution in [2.24, 2.45) is 0 Å². The molecular formula is C12H21ClN2O6. The molecule has 1 amide bonds. The highest BCUT2D eigenvalue weighted by atomic mass is 35.7. The second-order valence-corrected chi connectivity index (χ2v) is 5.58. The Morgan fingerprint density at radius 1 is 1.19 bits per heavy atom. The lowest BCUT2D eigenvalue weighted by Gasteiger charge is -2.25. The summed E-state index contributed by atoms with van der Waals surface area (Å²) in [5.41, 5.74) is 1.60. The summed E-state index contributed by atoms with van der Waals surface area (Å²) in [4.78, 5) is 13.3. The molecule has 2 rings (SSSR count). The fraction of sp³-hybridized carbons (Fsp3) is 0.833. The molecule has 1 aliphatic heterocycles. The van der Waals surface area contributed by atoms with Gasteiger partial charge < -0.3 is 4.74 Å². The highest BCUT2D eigenvalue weighted by Gasteiger charge is 2.27. The van der Waals surface area contributed by atoms with Gasteiger partial charge in [-0.2, -0.15) is 0 Å². The number of nitrogens with zero attached hydrogens (tertiary/aromatic N) is 2. The lowest BCUT2D eigenvalue weighted by atomic mass is 10.2. The molecule has 0 aromatic rings. The Bertz CT molecular complexity index is 358. The Hall–Kier alpha value is -0.930. The van der Waals surface area contributed by atoms with Crippen LogP contribution in [0.4, 0.5) is 4.79 Å². The number of ether oxygens (including phenoxy) is 1. The minimum absolute atomic E-state index is 0.154. The van der Waals surface area contributed by atoms with Crippen LogP contribution in [0.15, 0.2) is 0 Å². The van der Waals surface area contributed by atoms with E-state index in [4.69, 9.17) is 23.4 Å². The predicted octanol–water partition coefficient (Wildman–Crippen LogP) is -3.27. The second kappa shape index (κ2) is 8.50. The fourth-order valence-corrected chi connectivity index (χ4v) is 2.52. The first-order valence-electron chi connectivity index (χ1n) is 6.94. The number of carbonyl (C=O) groups is 1.